The van der Waals surface area contributed by atoms with Gasteiger partial charge in [0.05, 0.1) is 0 Å². The SMILES string of the molecule is Cc1c(NC(=S)NC(=O)/C=C/c2ccc(-c3ccc(Cl)cc3)o2)cccc1-c1nn2c(C)nnc2s1. The molecule has 3 aromatic heterocycles. The number of thiocarbonyl (C=S) groups is 1. The van der Waals surface area contributed by atoms with E-state index in [0.29, 0.717) is 16.5 Å². The number of carbonyl (C=O) groups is 1. The van der Waals surface area contributed by atoms with E-state index < -0.39 is 0 Å². The molecule has 0 bridgehead atoms. The van der Waals surface area contributed by atoms with E-state index in [-0.39, 0.29) is 11.0 Å². The van der Waals surface area contributed by atoms with Crippen LogP contribution in [-0.4, -0.2) is 30.8 Å². The summed E-state index contributed by atoms with van der Waals surface area (Å²) < 4.78 is 7.50. The van der Waals surface area contributed by atoms with E-state index in [1.807, 2.05) is 50.2 Å². The molecule has 0 aliphatic carbocycles. The fraction of sp³-hybridized carbons (Fsp3) is 0.0800. The van der Waals surface area contributed by atoms with E-state index in [2.05, 4.69) is 25.9 Å². The minimum Gasteiger partial charge on any atom is -0.457 e. The summed E-state index contributed by atoms with van der Waals surface area (Å²) in [5.74, 6) is 1.57. The Morgan fingerprint density at radius 2 is 1.92 bits per heavy atom. The normalized spacial score (nSPS) is 11.3. The Morgan fingerprint density at radius 3 is 2.69 bits per heavy atom. The highest BCUT2D eigenvalue weighted by Crippen LogP contribution is 2.31. The van der Waals surface area contributed by atoms with Crippen molar-refractivity contribution in [3.63, 3.8) is 0 Å². The molecule has 0 aliphatic heterocycles. The van der Waals surface area contributed by atoms with Gasteiger partial charge in [-0.1, -0.05) is 35.1 Å². The number of halogens is 1. The minimum absolute atomic E-state index is 0.181. The Hall–Kier alpha value is -3.86. The number of hydrogen-bond acceptors (Lipinski definition) is 7. The number of rotatable bonds is 5. The Balaban J connectivity index is 1.23. The van der Waals surface area contributed by atoms with Crippen molar-refractivity contribution < 1.29 is 9.21 Å². The molecule has 0 saturated heterocycles. The van der Waals surface area contributed by atoms with Crippen LogP contribution in [0.5, 0.6) is 0 Å². The number of benzene rings is 2. The first-order valence-electron chi connectivity index (χ1n) is 10.8. The van der Waals surface area contributed by atoms with Crippen LogP contribution in [0.1, 0.15) is 17.1 Å². The molecular formula is C25H19ClN6O2S2. The first kappa shape index (κ1) is 23.9. The Morgan fingerprint density at radius 1 is 1.11 bits per heavy atom. The summed E-state index contributed by atoms with van der Waals surface area (Å²) in [4.78, 5) is 13.1. The number of furan rings is 1. The van der Waals surface area contributed by atoms with Gasteiger partial charge in [-0.2, -0.15) is 9.61 Å². The van der Waals surface area contributed by atoms with E-state index in [4.69, 9.17) is 28.2 Å². The highest BCUT2D eigenvalue weighted by atomic mass is 35.5. The van der Waals surface area contributed by atoms with Gasteiger partial charge in [-0.15, -0.1) is 10.2 Å². The van der Waals surface area contributed by atoms with Crippen molar-refractivity contribution in [2.24, 2.45) is 0 Å². The maximum Gasteiger partial charge on any atom is 0.250 e. The molecule has 0 unspecified atom stereocenters. The highest BCUT2D eigenvalue weighted by Gasteiger charge is 2.14. The molecule has 3 heterocycles. The highest BCUT2D eigenvalue weighted by molar-refractivity contribution is 7.80. The summed E-state index contributed by atoms with van der Waals surface area (Å²) in [6.07, 6.45) is 2.95. The van der Waals surface area contributed by atoms with Gasteiger partial charge in [0, 0.05) is 27.9 Å². The second kappa shape index (κ2) is 10.0. The first-order chi connectivity index (χ1) is 17.4. The average molecular weight is 535 g/mol. The molecule has 0 aliphatic rings. The minimum atomic E-state index is -0.380. The number of anilines is 1. The topological polar surface area (TPSA) is 97.3 Å². The Kier molecular flexibility index (Phi) is 6.64. The lowest BCUT2D eigenvalue weighted by Gasteiger charge is -2.13. The van der Waals surface area contributed by atoms with Crippen molar-refractivity contribution in [3.8, 4) is 21.9 Å². The maximum atomic E-state index is 12.4. The van der Waals surface area contributed by atoms with Crippen LogP contribution >= 0.6 is 35.2 Å². The molecule has 180 valence electrons. The van der Waals surface area contributed by atoms with Crippen LogP contribution in [0.15, 0.2) is 65.1 Å². The fourth-order valence-electron chi connectivity index (χ4n) is 3.50. The summed E-state index contributed by atoms with van der Waals surface area (Å²) >= 11 is 12.7. The zero-order valence-corrected chi connectivity index (χ0v) is 21.5. The van der Waals surface area contributed by atoms with Crippen molar-refractivity contribution >= 4 is 62.9 Å². The molecule has 0 atom stereocenters. The van der Waals surface area contributed by atoms with Gasteiger partial charge >= 0.3 is 0 Å². The predicted octanol–water partition coefficient (Wildman–Crippen LogP) is 5.91. The Labute approximate surface area is 220 Å². The summed E-state index contributed by atoms with van der Waals surface area (Å²) in [6, 6.07) is 16.7. The van der Waals surface area contributed by atoms with E-state index in [0.717, 1.165) is 38.2 Å². The van der Waals surface area contributed by atoms with Gasteiger partial charge in [0.2, 0.25) is 10.9 Å². The van der Waals surface area contributed by atoms with Crippen LogP contribution in [-0.2, 0) is 4.79 Å². The predicted molar refractivity (Wildman–Crippen MR) is 146 cm³/mol. The molecule has 1 amide bonds. The standard InChI is InChI=1S/C25H19ClN6O2S2/c1-14-19(23-31-32-15(2)29-30-25(32)36-23)4-3-5-20(14)27-24(35)28-22(33)13-11-18-10-12-21(34-18)16-6-8-17(26)9-7-16/h3-13H,1-2H3,(H2,27,28,33,35)/b13-11+. The quantitative estimate of drug-likeness (QED) is 0.214. The third-order valence-corrected chi connectivity index (χ3v) is 6.74. The van der Waals surface area contributed by atoms with Crippen LogP contribution in [0.3, 0.4) is 0 Å². The van der Waals surface area contributed by atoms with E-state index in [1.165, 1.54) is 17.4 Å². The number of carbonyl (C=O) groups excluding carboxylic acids is 1. The third-order valence-electron chi connectivity index (χ3n) is 5.35. The van der Waals surface area contributed by atoms with E-state index in [9.17, 15) is 4.79 Å². The first-order valence-corrected chi connectivity index (χ1v) is 12.4. The van der Waals surface area contributed by atoms with Gasteiger partial charge in [-0.25, -0.2) is 0 Å². The van der Waals surface area contributed by atoms with Crippen molar-refractivity contribution in [1.82, 2.24) is 25.1 Å². The van der Waals surface area contributed by atoms with Crippen LogP contribution in [0.4, 0.5) is 5.69 Å². The number of hydrogen-bond donors (Lipinski definition) is 2. The number of fused-ring (bicyclic) bond motifs is 1. The molecule has 0 fully saturated rings. The van der Waals surface area contributed by atoms with Crippen molar-refractivity contribution in [2.75, 3.05) is 5.32 Å². The van der Waals surface area contributed by atoms with Crippen molar-refractivity contribution in [1.29, 1.82) is 0 Å². The number of aromatic nitrogens is 4. The molecule has 0 radical (unpaired) electrons. The lowest BCUT2D eigenvalue weighted by Crippen LogP contribution is -2.33. The zero-order chi connectivity index (χ0) is 25.2. The maximum absolute atomic E-state index is 12.4. The van der Waals surface area contributed by atoms with Gasteiger partial charge in [0.15, 0.2) is 10.9 Å². The molecule has 0 saturated carbocycles. The van der Waals surface area contributed by atoms with Gasteiger partial charge in [-0.05, 0) is 80.2 Å². The number of nitrogens with zero attached hydrogens (tertiary/aromatic N) is 4. The number of amides is 1. The largest absolute Gasteiger partial charge is 0.457 e. The molecule has 0 spiro atoms. The van der Waals surface area contributed by atoms with Gasteiger partial charge in [0.25, 0.3) is 0 Å². The van der Waals surface area contributed by atoms with Gasteiger partial charge in [0.1, 0.15) is 16.5 Å². The summed E-state index contributed by atoms with van der Waals surface area (Å²) in [5, 5.41) is 20.2. The summed E-state index contributed by atoms with van der Waals surface area (Å²) in [7, 11) is 0. The lowest BCUT2D eigenvalue weighted by molar-refractivity contribution is -0.115. The molecule has 5 aromatic rings. The second-order valence-electron chi connectivity index (χ2n) is 7.81. The second-order valence-corrected chi connectivity index (χ2v) is 9.61. The van der Waals surface area contributed by atoms with Crippen molar-refractivity contribution in [3.05, 3.63) is 82.8 Å². The van der Waals surface area contributed by atoms with Crippen LogP contribution < -0.4 is 10.6 Å². The molecular weight excluding hydrogens is 516 g/mol. The molecule has 2 aromatic carbocycles. The molecule has 2 N–H and O–H groups in total. The fourth-order valence-corrected chi connectivity index (χ4v) is 4.81. The molecule has 36 heavy (non-hydrogen) atoms. The van der Waals surface area contributed by atoms with Gasteiger partial charge < -0.3 is 9.73 Å². The Bertz CT molecular complexity index is 1620. The van der Waals surface area contributed by atoms with Crippen LogP contribution in [0, 0.1) is 13.8 Å². The van der Waals surface area contributed by atoms with Gasteiger partial charge in [-0.3, -0.25) is 10.1 Å². The summed E-state index contributed by atoms with van der Waals surface area (Å²) in [5.41, 5.74) is 3.55. The molecule has 5 rings (SSSR count). The third kappa shape index (κ3) is 5.06. The van der Waals surface area contributed by atoms with Crippen LogP contribution in [0.25, 0.3) is 32.9 Å². The van der Waals surface area contributed by atoms with Crippen molar-refractivity contribution in [2.45, 2.75) is 13.8 Å². The van der Waals surface area contributed by atoms with Crippen LogP contribution in [0.2, 0.25) is 5.02 Å². The smallest absolute Gasteiger partial charge is 0.250 e. The lowest BCUT2D eigenvalue weighted by atomic mass is 10.1. The summed E-state index contributed by atoms with van der Waals surface area (Å²) in [6.45, 7) is 3.82. The average Bonchev–Trinajstić information content (AvgIpc) is 3.57. The number of nitrogens with one attached hydrogen (secondary N) is 2. The zero-order valence-electron chi connectivity index (χ0n) is 19.2. The van der Waals surface area contributed by atoms with E-state index in [1.54, 1.807) is 28.8 Å². The molecule has 8 nitrogen and oxygen atoms in total. The number of aryl methyl sites for hydroxylation is 1. The molecule has 11 heteroatoms. The monoisotopic (exact) mass is 534 g/mol. The van der Waals surface area contributed by atoms with E-state index >= 15 is 0 Å².